The molecule has 0 amide bonds. The van der Waals surface area contributed by atoms with Gasteiger partial charge in [0.1, 0.15) is 12.4 Å². The maximum absolute atomic E-state index is 7.04. The number of para-hydroxylation sites is 1. The molecule has 2 nitrogen and oxygen atoms in total. The lowest BCUT2D eigenvalue weighted by atomic mass is 9.83. The van der Waals surface area contributed by atoms with E-state index in [1.807, 2.05) is 18.2 Å². The predicted octanol–water partition coefficient (Wildman–Crippen LogP) is 11.0. The van der Waals surface area contributed by atoms with E-state index in [9.17, 15) is 0 Å². The molecule has 4 aromatic rings. The van der Waals surface area contributed by atoms with Gasteiger partial charge >= 0.3 is 0 Å². The van der Waals surface area contributed by atoms with Crippen LogP contribution in [0.3, 0.4) is 0 Å². The average Bonchev–Trinajstić information content (AvgIpc) is 3.58. The molecule has 0 aliphatic heterocycles. The lowest BCUT2D eigenvalue weighted by molar-refractivity contribution is 0.291. The lowest BCUT2D eigenvalue weighted by Crippen LogP contribution is -2.26. The Hall–Kier alpha value is -3.22. The fourth-order valence-electron chi connectivity index (χ4n) is 7.29. The molecule has 0 aromatic heterocycles. The molecule has 1 saturated carbocycles. The number of benzene rings is 4. The second kappa shape index (κ2) is 13.8. The zero-order valence-electron chi connectivity index (χ0n) is 27.8. The van der Waals surface area contributed by atoms with Gasteiger partial charge in [0, 0.05) is 33.5 Å². The van der Waals surface area contributed by atoms with E-state index >= 15 is 0 Å². The van der Waals surface area contributed by atoms with Crippen LogP contribution in [0.4, 0.5) is 5.69 Å². The van der Waals surface area contributed by atoms with Crippen LogP contribution in [-0.4, -0.2) is 6.21 Å². The molecule has 0 saturated heterocycles. The first-order chi connectivity index (χ1) is 21.3. The molecule has 0 radical (unpaired) electrons. The fourth-order valence-corrected chi connectivity index (χ4v) is 9.02. The topological polar surface area (TPSA) is 21.6 Å². The van der Waals surface area contributed by atoms with Crippen LogP contribution in [0.1, 0.15) is 93.7 Å². The molecule has 4 atom stereocenters. The van der Waals surface area contributed by atoms with Crippen molar-refractivity contribution in [3.63, 3.8) is 0 Å². The summed E-state index contributed by atoms with van der Waals surface area (Å²) < 4.78 is 7.04. The molecular weight excluding hydrogens is 553 g/mol. The van der Waals surface area contributed by atoms with Gasteiger partial charge in [-0.2, -0.15) is 0 Å². The van der Waals surface area contributed by atoms with E-state index in [1.54, 1.807) is 0 Å². The van der Waals surface area contributed by atoms with E-state index in [-0.39, 0.29) is 10.6 Å². The third kappa shape index (κ3) is 6.43. The smallest absolute Gasteiger partial charge is 0.127 e. The Morgan fingerprint density at radius 2 is 1.57 bits per heavy atom. The highest BCUT2D eigenvalue weighted by atomic mass is 31.1. The Bertz CT molecular complexity index is 1570. The number of hydrogen-bond donors (Lipinski definition) is 0. The predicted molar refractivity (Wildman–Crippen MR) is 192 cm³/mol. The van der Waals surface area contributed by atoms with Crippen molar-refractivity contribution in [2.24, 2.45) is 16.8 Å². The van der Waals surface area contributed by atoms with E-state index in [2.05, 4.69) is 127 Å². The summed E-state index contributed by atoms with van der Waals surface area (Å²) in [7, 11) is 0.589. The van der Waals surface area contributed by atoms with Crippen molar-refractivity contribution < 1.29 is 4.74 Å². The van der Waals surface area contributed by atoms with Crippen LogP contribution in [0.15, 0.2) is 96.0 Å². The first-order valence-electron chi connectivity index (χ1n) is 16.6. The molecule has 44 heavy (non-hydrogen) atoms. The van der Waals surface area contributed by atoms with Crippen LogP contribution in [0.25, 0.3) is 0 Å². The Kier molecular flexibility index (Phi) is 10.1. The van der Waals surface area contributed by atoms with Crippen molar-refractivity contribution in [1.29, 1.82) is 0 Å². The monoisotopic (exact) mass is 603 g/mol. The Labute approximate surface area is 268 Å². The lowest BCUT2D eigenvalue weighted by Gasteiger charge is -2.37. The van der Waals surface area contributed by atoms with Crippen LogP contribution in [0.5, 0.6) is 5.75 Å². The number of aryl methyl sites for hydroxylation is 2. The minimum absolute atomic E-state index is 0.0526. The first-order valence-corrected chi connectivity index (χ1v) is 17.6. The quantitative estimate of drug-likeness (QED) is 0.110. The zero-order chi connectivity index (χ0) is 31.3. The van der Waals surface area contributed by atoms with Crippen molar-refractivity contribution in [2.45, 2.75) is 91.3 Å². The van der Waals surface area contributed by atoms with Gasteiger partial charge in [-0.05, 0) is 73.5 Å². The van der Waals surface area contributed by atoms with Crippen molar-refractivity contribution in [2.75, 3.05) is 0 Å². The summed E-state index contributed by atoms with van der Waals surface area (Å²) in [6, 6.07) is 32.4. The number of ether oxygens (including phenoxy) is 1. The molecule has 0 bridgehead atoms. The summed E-state index contributed by atoms with van der Waals surface area (Å²) in [4.78, 5) is 4.87. The first kappa shape index (κ1) is 32.2. The van der Waals surface area contributed by atoms with Crippen molar-refractivity contribution >= 4 is 25.8 Å². The van der Waals surface area contributed by atoms with Crippen molar-refractivity contribution in [1.82, 2.24) is 0 Å². The number of aliphatic imine (C=N–C) groups is 1. The number of hydrogen-bond acceptors (Lipinski definition) is 2. The SMILES string of the molecule is CCCC1C(C)C1(C)c1cc(C)cc(C(CC)(CC)Pc2c(C)cccc2/C=N/c2ccccc2)c1OCc1ccccc1. The molecule has 4 aromatic carbocycles. The van der Waals surface area contributed by atoms with Gasteiger partial charge in [-0.1, -0.05) is 134 Å². The number of nitrogens with zero attached hydrogens (tertiary/aromatic N) is 1. The Morgan fingerprint density at radius 3 is 2.23 bits per heavy atom. The highest BCUT2D eigenvalue weighted by molar-refractivity contribution is 7.49. The van der Waals surface area contributed by atoms with Gasteiger partial charge in [0.25, 0.3) is 0 Å². The minimum Gasteiger partial charge on any atom is -0.488 e. The molecule has 0 heterocycles. The van der Waals surface area contributed by atoms with Gasteiger partial charge in [0.2, 0.25) is 0 Å². The van der Waals surface area contributed by atoms with Crippen LogP contribution >= 0.6 is 8.58 Å². The van der Waals surface area contributed by atoms with Crippen molar-refractivity contribution in [3.05, 3.63) is 124 Å². The molecule has 1 aliphatic rings. The Morgan fingerprint density at radius 1 is 0.886 bits per heavy atom. The fraction of sp³-hybridized carbons (Fsp3) is 0.390. The third-order valence-corrected chi connectivity index (χ3v) is 12.7. The van der Waals surface area contributed by atoms with Gasteiger partial charge in [-0.15, -0.1) is 0 Å². The molecule has 0 spiro atoms. The average molecular weight is 604 g/mol. The van der Waals surface area contributed by atoms with Gasteiger partial charge in [-0.3, -0.25) is 4.99 Å². The van der Waals surface area contributed by atoms with E-state index in [4.69, 9.17) is 9.73 Å². The minimum atomic E-state index is -0.0526. The molecule has 230 valence electrons. The summed E-state index contributed by atoms with van der Waals surface area (Å²) in [6.45, 7) is 17.1. The summed E-state index contributed by atoms with van der Waals surface area (Å²) in [5, 5.41) is 1.35. The van der Waals surface area contributed by atoms with Crippen LogP contribution in [-0.2, 0) is 17.2 Å². The molecule has 4 unspecified atom stereocenters. The van der Waals surface area contributed by atoms with Gasteiger partial charge < -0.3 is 4.74 Å². The molecule has 5 rings (SSSR count). The van der Waals surface area contributed by atoms with E-state index < -0.39 is 0 Å². The maximum Gasteiger partial charge on any atom is 0.127 e. The molecule has 0 N–H and O–H groups in total. The largest absolute Gasteiger partial charge is 0.488 e. The van der Waals surface area contributed by atoms with Crippen LogP contribution in [0.2, 0.25) is 0 Å². The van der Waals surface area contributed by atoms with Crippen LogP contribution < -0.4 is 10.0 Å². The van der Waals surface area contributed by atoms with E-state index in [0.29, 0.717) is 27.0 Å². The summed E-state index contributed by atoms with van der Waals surface area (Å²) in [5.41, 5.74) is 9.01. The van der Waals surface area contributed by atoms with E-state index in [0.717, 1.165) is 24.3 Å². The zero-order valence-corrected chi connectivity index (χ0v) is 28.8. The normalized spacial score (nSPS) is 20.1. The van der Waals surface area contributed by atoms with Gasteiger partial charge in [-0.25, -0.2) is 0 Å². The standard InChI is InChI=1S/C41H50NOP/c1-8-18-35-31(6)40(35,7)36-25-29(4)26-37(38(36)43-28-32-20-13-11-14-21-32)41(9-2,10-3)44-39-30(5)19-17-22-33(39)27-42-34-23-15-12-16-24-34/h11-17,19-27,31,35,44H,8-10,18,28H2,1-7H3/b42-27+. The summed E-state index contributed by atoms with van der Waals surface area (Å²) >= 11 is 0. The molecule has 1 fully saturated rings. The highest BCUT2D eigenvalue weighted by Gasteiger charge is 2.59. The molecule has 1 aliphatic carbocycles. The highest BCUT2D eigenvalue weighted by Crippen LogP contribution is 2.65. The van der Waals surface area contributed by atoms with E-state index in [1.165, 1.54) is 51.5 Å². The molecular formula is C41H50NOP. The van der Waals surface area contributed by atoms with Gasteiger partial charge in [0.15, 0.2) is 0 Å². The maximum atomic E-state index is 7.04. The van der Waals surface area contributed by atoms with Crippen LogP contribution in [0, 0.1) is 25.7 Å². The number of rotatable bonds is 13. The summed E-state index contributed by atoms with van der Waals surface area (Å²) in [6.07, 6.45) is 6.64. The second-order valence-corrected chi connectivity index (χ2v) is 14.7. The Balaban J connectivity index is 1.63. The summed E-state index contributed by atoms with van der Waals surface area (Å²) in [5.74, 6) is 2.48. The molecule has 3 heteroatoms. The van der Waals surface area contributed by atoms with Gasteiger partial charge in [0.05, 0.1) is 5.69 Å². The third-order valence-electron chi connectivity index (χ3n) is 10.4. The van der Waals surface area contributed by atoms with Crippen molar-refractivity contribution in [3.8, 4) is 5.75 Å². The second-order valence-electron chi connectivity index (χ2n) is 13.0.